The van der Waals surface area contributed by atoms with E-state index < -0.39 is 0 Å². The number of nitrogens with one attached hydrogen (secondary N) is 1. The molecule has 1 amide bonds. The maximum Gasteiger partial charge on any atom is 0.224 e. The molecule has 2 saturated heterocycles. The number of likely N-dealkylation sites (tertiary alicyclic amines) is 1. The molecule has 0 saturated carbocycles. The monoisotopic (exact) mass is 338 g/mol. The lowest BCUT2D eigenvalue weighted by molar-refractivity contribution is -0.132. The average molecular weight is 338 g/mol. The second kappa shape index (κ2) is 9.87. The van der Waals surface area contributed by atoms with Gasteiger partial charge in [-0.25, -0.2) is 0 Å². The van der Waals surface area contributed by atoms with Gasteiger partial charge in [0.15, 0.2) is 5.96 Å². The van der Waals surface area contributed by atoms with Crippen LogP contribution < -0.4 is 5.32 Å². The molecule has 0 aliphatic carbocycles. The van der Waals surface area contributed by atoms with E-state index in [1.807, 2.05) is 4.90 Å². The highest BCUT2D eigenvalue weighted by molar-refractivity contribution is 5.80. The molecule has 6 nitrogen and oxygen atoms in total. The first kappa shape index (κ1) is 19.0. The van der Waals surface area contributed by atoms with E-state index in [1.54, 1.807) is 0 Å². The van der Waals surface area contributed by atoms with Crippen molar-refractivity contribution in [3.05, 3.63) is 0 Å². The summed E-state index contributed by atoms with van der Waals surface area (Å²) in [5, 5.41) is 3.33. The van der Waals surface area contributed by atoms with Crippen LogP contribution in [0.15, 0.2) is 4.99 Å². The van der Waals surface area contributed by atoms with Crippen LogP contribution >= 0.6 is 0 Å². The fraction of sp³-hybridized carbons (Fsp3) is 0.889. The number of nitrogens with zero attached hydrogens (tertiary/aromatic N) is 3. The molecule has 0 radical (unpaired) electrons. The third-order valence-electron chi connectivity index (χ3n) is 4.85. The van der Waals surface area contributed by atoms with Crippen molar-refractivity contribution < 1.29 is 9.53 Å². The Morgan fingerprint density at radius 1 is 1.42 bits per heavy atom. The highest BCUT2D eigenvalue weighted by Gasteiger charge is 2.21. The van der Waals surface area contributed by atoms with E-state index in [0.717, 1.165) is 58.2 Å². The van der Waals surface area contributed by atoms with Gasteiger partial charge < -0.3 is 19.9 Å². The second-order valence-corrected chi connectivity index (χ2v) is 7.18. The zero-order chi connectivity index (χ0) is 17.4. The second-order valence-electron chi connectivity index (χ2n) is 7.18. The molecule has 2 atom stereocenters. The molecule has 1 N–H and O–H groups in total. The number of rotatable bonds is 6. The number of guanidine groups is 1. The molecule has 0 aromatic carbocycles. The first-order valence-electron chi connectivity index (χ1n) is 9.45. The maximum atomic E-state index is 12.3. The molecule has 2 heterocycles. The summed E-state index contributed by atoms with van der Waals surface area (Å²) in [6.45, 7) is 10.2. The molecule has 0 bridgehead atoms. The van der Waals surface area contributed by atoms with Gasteiger partial charge in [0.05, 0.1) is 13.2 Å². The zero-order valence-corrected chi connectivity index (χ0v) is 15.6. The number of ether oxygens (including phenoxy) is 1. The van der Waals surface area contributed by atoms with Gasteiger partial charge in [-0.05, 0) is 32.1 Å². The van der Waals surface area contributed by atoms with Crippen molar-refractivity contribution in [3.8, 4) is 0 Å². The lowest BCUT2D eigenvalue weighted by Crippen LogP contribution is -2.42. The summed E-state index contributed by atoms with van der Waals surface area (Å²) >= 11 is 0. The van der Waals surface area contributed by atoms with Crippen molar-refractivity contribution in [1.29, 1.82) is 0 Å². The van der Waals surface area contributed by atoms with Crippen LogP contribution in [-0.4, -0.2) is 74.7 Å². The summed E-state index contributed by atoms with van der Waals surface area (Å²) in [6, 6.07) is 0. The van der Waals surface area contributed by atoms with Gasteiger partial charge in [-0.2, -0.15) is 0 Å². The minimum absolute atomic E-state index is 0.244. The van der Waals surface area contributed by atoms with E-state index in [9.17, 15) is 4.79 Å². The minimum Gasteiger partial charge on any atom is -0.381 e. The first-order valence-corrected chi connectivity index (χ1v) is 9.45. The molecule has 2 fully saturated rings. The lowest BCUT2D eigenvalue weighted by Gasteiger charge is -2.31. The van der Waals surface area contributed by atoms with Crippen molar-refractivity contribution in [2.45, 2.75) is 39.5 Å². The summed E-state index contributed by atoms with van der Waals surface area (Å²) in [6.07, 6.45) is 3.99. The van der Waals surface area contributed by atoms with E-state index in [2.05, 4.69) is 36.1 Å². The van der Waals surface area contributed by atoms with Crippen LogP contribution in [-0.2, 0) is 9.53 Å². The van der Waals surface area contributed by atoms with Crippen LogP contribution in [0.4, 0.5) is 0 Å². The third-order valence-corrected chi connectivity index (χ3v) is 4.85. The van der Waals surface area contributed by atoms with Crippen molar-refractivity contribution in [2.75, 3.05) is 53.0 Å². The predicted octanol–water partition coefficient (Wildman–Crippen LogP) is 1.57. The SMILES string of the molecule is CCNC(=NCCC(=O)N1CCCC(C)C1)N(C)CC1CCOC1. The van der Waals surface area contributed by atoms with Gasteiger partial charge in [-0.1, -0.05) is 6.92 Å². The van der Waals surface area contributed by atoms with Crippen LogP contribution in [0.25, 0.3) is 0 Å². The van der Waals surface area contributed by atoms with Gasteiger partial charge in [-0.3, -0.25) is 9.79 Å². The summed E-state index contributed by atoms with van der Waals surface area (Å²) < 4.78 is 5.45. The molecule has 2 aliphatic heterocycles. The van der Waals surface area contributed by atoms with E-state index in [0.29, 0.717) is 24.8 Å². The van der Waals surface area contributed by atoms with Crippen molar-refractivity contribution in [3.63, 3.8) is 0 Å². The molecule has 24 heavy (non-hydrogen) atoms. The number of hydrogen-bond donors (Lipinski definition) is 1. The summed E-state index contributed by atoms with van der Waals surface area (Å²) in [4.78, 5) is 21.2. The Morgan fingerprint density at radius 2 is 2.25 bits per heavy atom. The van der Waals surface area contributed by atoms with Gasteiger partial charge in [0.1, 0.15) is 0 Å². The molecular weight excluding hydrogens is 304 g/mol. The normalized spacial score (nSPS) is 25.0. The Morgan fingerprint density at radius 3 is 2.92 bits per heavy atom. The van der Waals surface area contributed by atoms with E-state index in [-0.39, 0.29) is 5.91 Å². The quantitative estimate of drug-likeness (QED) is 0.590. The van der Waals surface area contributed by atoms with Crippen LogP contribution in [0.1, 0.15) is 39.5 Å². The third kappa shape index (κ3) is 5.96. The van der Waals surface area contributed by atoms with E-state index in [4.69, 9.17) is 4.74 Å². The number of hydrogen-bond acceptors (Lipinski definition) is 3. The minimum atomic E-state index is 0.244. The van der Waals surface area contributed by atoms with E-state index in [1.165, 1.54) is 6.42 Å². The largest absolute Gasteiger partial charge is 0.381 e. The van der Waals surface area contributed by atoms with Gasteiger partial charge in [0, 0.05) is 52.2 Å². The number of piperidine rings is 1. The highest BCUT2D eigenvalue weighted by atomic mass is 16.5. The molecule has 2 unspecified atom stereocenters. The molecule has 138 valence electrons. The average Bonchev–Trinajstić information content (AvgIpc) is 3.06. The first-order chi connectivity index (χ1) is 11.6. The Labute approximate surface area is 146 Å². The van der Waals surface area contributed by atoms with Crippen molar-refractivity contribution >= 4 is 11.9 Å². The number of carbonyl (C=O) groups excluding carboxylic acids is 1. The van der Waals surface area contributed by atoms with Crippen LogP contribution in [0.5, 0.6) is 0 Å². The summed E-state index contributed by atoms with van der Waals surface area (Å²) in [5.41, 5.74) is 0. The lowest BCUT2D eigenvalue weighted by atomic mass is 10.00. The van der Waals surface area contributed by atoms with Gasteiger partial charge in [0.2, 0.25) is 5.91 Å². The topological polar surface area (TPSA) is 57.2 Å². The van der Waals surface area contributed by atoms with Crippen LogP contribution in [0.3, 0.4) is 0 Å². The molecule has 0 aromatic rings. The summed E-state index contributed by atoms with van der Waals surface area (Å²) in [5.74, 6) is 2.34. The number of aliphatic imine (C=N–C) groups is 1. The Hall–Kier alpha value is -1.30. The molecule has 2 aliphatic rings. The maximum absolute atomic E-state index is 12.3. The summed E-state index contributed by atoms with van der Waals surface area (Å²) in [7, 11) is 2.06. The van der Waals surface area contributed by atoms with Crippen molar-refractivity contribution in [1.82, 2.24) is 15.1 Å². The number of amides is 1. The molecule has 2 rings (SSSR count). The predicted molar refractivity (Wildman–Crippen MR) is 97.1 cm³/mol. The molecular formula is C18H34N4O2. The number of carbonyl (C=O) groups is 1. The fourth-order valence-corrected chi connectivity index (χ4v) is 3.50. The van der Waals surface area contributed by atoms with Gasteiger partial charge >= 0.3 is 0 Å². The van der Waals surface area contributed by atoms with Gasteiger partial charge in [0.25, 0.3) is 0 Å². The molecule has 0 spiro atoms. The van der Waals surface area contributed by atoms with Crippen LogP contribution in [0, 0.1) is 11.8 Å². The van der Waals surface area contributed by atoms with Gasteiger partial charge in [-0.15, -0.1) is 0 Å². The molecule has 0 aromatic heterocycles. The fourth-order valence-electron chi connectivity index (χ4n) is 3.50. The Bertz CT molecular complexity index is 421. The standard InChI is InChI=1S/C18H34N4O2/c1-4-19-18(21(3)13-16-8-11-24-14-16)20-9-7-17(23)22-10-5-6-15(2)12-22/h15-16H,4-14H2,1-3H3,(H,19,20). The Balaban J connectivity index is 1.79. The van der Waals surface area contributed by atoms with Crippen molar-refractivity contribution in [2.24, 2.45) is 16.8 Å². The van der Waals surface area contributed by atoms with E-state index >= 15 is 0 Å². The highest BCUT2D eigenvalue weighted by Crippen LogP contribution is 2.16. The zero-order valence-electron chi connectivity index (χ0n) is 15.6. The smallest absolute Gasteiger partial charge is 0.224 e. The van der Waals surface area contributed by atoms with Crippen LogP contribution in [0.2, 0.25) is 0 Å². The molecule has 6 heteroatoms. The Kier molecular flexibility index (Phi) is 7.82.